The molecule has 1 heterocycles. The summed E-state index contributed by atoms with van der Waals surface area (Å²) in [5.41, 5.74) is 1.80. The van der Waals surface area contributed by atoms with E-state index in [0.29, 0.717) is 6.54 Å². The Hall–Kier alpha value is -2.90. The third kappa shape index (κ3) is 8.86. The molecule has 1 aliphatic heterocycles. The Morgan fingerprint density at radius 3 is 2.52 bits per heavy atom. The average molecular weight is 460 g/mol. The number of amides is 3. The summed E-state index contributed by atoms with van der Waals surface area (Å²) in [5.74, 6) is -2.21. The van der Waals surface area contributed by atoms with Gasteiger partial charge < -0.3 is 20.7 Å². The van der Waals surface area contributed by atoms with Gasteiger partial charge >= 0.3 is 6.09 Å². The number of alkyl carbamates (subject to hydrolysis) is 1. The third-order valence-corrected chi connectivity index (χ3v) is 5.32. The SMILES string of the molecule is CC(C)C(NC(=O)OCC(C)(C)C)C(=O)NC1Cc2cccc(c2)CCCCNC(=O)C1=O. The number of carbonyl (C=O) groups is 4. The molecule has 0 fully saturated rings. The van der Waals surface area contributed by atoms with E-state index in [1.165, 1.54) is 0 Å². The molecule has 0 saturated carbocycles. The van der Waals surface area contributed by atoms with Crippen LogP contribution in [0.5, 0.6) is 0 Å². The van der Waals surface area contributed by atoms with E-state index in [1.54, 1.807) is 13.8 Å². The van der Waals surface area contributed by atoms with Crippen LogP contribution in [0.2, 0.25) is 0 Å². The Morgan fingerprint density at radius 1 is 1.15 bits per heavy atom. The molecular formula is C25H37N3O5. The van der Waals surface area contributed by atoms with Crippen LogP contribution >= 0.6 is 0 Å². The minimum atomic E-state index is -1.04. The molecule has 0 spiro atoms. The second kappa shape index (κ2) is 11.8. The van der Waals surface area contributed by atoms with Crippen molar-refractivity contribution in [3.05, 3.63) is 35.4 Å². The van der Waals surface area contributed by atoms with Crippen LogP contribution in [0.25, 0.3) is 0 Å². The first-order valence-corrected chi connectivity index (χ1v) is 11.6. The average Bonchev–Trinajstić information content (AvgIpc) is 2.73. The van der Waals surface area contributed by atoms with Gasteiger partial charge in [-0.05, 0) is 41.7 Å². The number of rotatable bonds is 5. The van der Waals surface area contributed by atoms with Gasteiger partial charge in [0.1, 0.15) is 12.1 Å². The quantitative estimate of drug-likeness (QED) is 0.586. The molecule has 0 aliphatic carbocycles. The van der Waals surface area contributed by atoms with Crippen LogP contribution in [0.15, 0.2) is 24.3 Å². The van der Waals surface area contributed by atoms with Gasteiger partial charge in [0.05, 0.1) is 6.61 Å². The first-order valence-electron chi connectivity index (χ1n) is 11.6. The van der Waals surface area contributed by atoms with E-state index in [0.717, 1.165) is 30.4 Å². The van der Waals surface area contributed by atoms with Crippen molar-refractivity contribution in [3.63, 3.8) is 0 Å². The Kier molecular flexibility index (Phi) is 9.44. The number of hydrogen-bond acceptors (Lipinski definition) is 5. The molecule has 1 aromatic carbocycles. The molecule has 2 rings (SSSR count). The van der Waals surface area contributed by atoms with Crippen LogP contribution in [0, 0.1) is 11.3 Å². The minimum absolute atomic E-state index is 0.186. The summed E-state index contributed by atoms with van der Waals surface area (Å²) in [5, 5.41) is 7.94. The number of carbonyl (C=O) groups excluding carboxylic acids is 4. The van der Waals surface area contributed by atoms with E-state index in [9.17, 15) is 19.2 Å². The number of ether oxygens (including phenoxy) is 1. The molecule has 3 N–H and O–H groups in total. The third-order valence-electron chi connectivity index (χ3n) is 5.32. The lowest BCUT2D eigenvalue weighted by Gasteiger charge is -2.26. The molecule has 0 radical (unpaired) electrons. The van der Waals surface area contributed by atoms with Gasteiger partial charge in [0.25, 0.3) is 5.91 Å². The largest absolute Gasteiger partial charge is 0.449 e. The number of aryl methyl sites for hydroxylation is 1. The van der Waals surface area contributed by atoms with Crippen LogP contribution in [0.3, 0.4) is 0 Å². The fourth-order valence-corrected chi connectivity index (χ4v) is 3.51. The highest BCUT2D eigenvalue weighted by Crippen LogP contribution is 2.14. The second-order valence-electron chi connectivity index (χ2n) is 10.2. The van der Waals surface area contributed by atoms with E-state index in [-0.39, 0.29) is 24.4 Å². The van der Waals surface area contributed by atoms with Gasteiger partial charge in [-0.2, -0.15) is 0 Å². The first kappa shape index (κ1) is 26.4. The minimum Gasteiger partial charge on any atom is -0.449 e. The summed E-state index contributed by atoms with van der Waals surface area (Å²) >= 11 is 0. The van der Waals surface area contributed by atoms with Crippen LogP contribution in [-0.4, -0.2) is 48.9 Å². The van der Waals surface area contributed by atoms with Crippen LogP contribution < -0.4 is 16.0 Å². The zero-order valence-corrected chi connectivity index (χ0v) is 20.3. The summed E-state index contributed by atoms with van der Waals surface area (Å²) in [6.45, 7) is 9.97. The molecule has 1 aliphatic rings. The standard InChI is InChI=1S/C25H37N3O5/c1-16(2)20(28-24(32)33-15-25(3,4)5)22(30)27-19-14-18-11-8-10-17(13-18)9-6-7-12-26-23(31)21(19)29/h8,10-11,13,16,19-20H,6-7,9,12,14-15H2,1-5H3,(H,26,31)(H,27,30)(H,28,32). The van der Waals surface area contributed by atoms with Crippen molar-refractivity contribution in [1.29, 1.82) is 0 Å². The monoisotopic (exact) mass is 459 g/mol. The van der Waals surface area contributed by atoms with Crippen LogP contribution in [-0.2, 0) is 32.0 Å². The number of fused-ring (bicyclic) bond motifs is 2. The van der Waals surface area contributed by atoms with Crippen molar-refractivity contribution >= 4 is 23.7 Å². The highest BCUT2D eigenvalue weighted by atomic mass is 16.5. The van der Waals surface area contributed by atoms with E-state index in [2.05, 4.69) is 16.0 Å². The first-order chi connectivity index (χ1) is 15.5. The topological polar surface area (TPSA) is 114 Å². The predicted molar refractivity (Wildman–Crippen MR) is 126 cm³/mol. The van der Waals surface area contributed by atoms with Gasteiger partial charge in [0.2, 0.25) is 11.7 Å². The fourth-order valence-electron chi connectivity index (χ4n) is 3.51. The van der Waals surface area contributed by atoms with Gasteiger partial charge in [-0.15, -0.1) is 0 Å². The summed E-state index contributed by atoms with van der Waals surface area (Å²) in [6, 6.07) is 5.88. The molecule has 8 heteroatoms. The zero-order valence-electron chi connectivity index (χ0n) is 20.3. The van der Waals surface area contributed by atoms with E-state index in [4.69, 9.17) is 4.74 Å². The zero-order chi connectivity index (χ0) is 24.6. The number of Topliss-reactive ketones (excluding diaryl/α,β-unsaturated/α-hetero) is 1. The lowest BCUT2D eigenvalue weighted by Crippen LogP contribution is -2.56. The van der Waals surface area contributed by atoms with Crippen molar-refractivity contribution in [1.82, 2.24) is 16.0 Å². The van der Waals surface area contributed by atoms with Gasteiger partial charge in [-0.3, -0.25) is 14.4 Å². The van der Waals surface area contributed by atoms with Crippen molar-refractivity contribution in [3.8, 4) is 0 Å². The van der Waals surface area contributed by atoms with Gasteiger partial charge in [-0.25, -0.2) is 4.79 Å². The van der Waals surface area contributed by atoms with E-state index >= 15 is 0 Å². The molecule has 2 bridgehead atoms. The van der Waals surface area contributed by atoms with E-state index < -0.39 is 35.8 Å². The molecule has 2 unspecified atom stereocenters. The van der Waals surface area contributed by atoms with Crippen molar-refractivity contribution < 1.29 is 23.9 Å². The van der Waals surface area contributed by atoms with Gasteiger partial charge in [0.15, 0.2) is 0 Å². The maximum atomic E-state index is 13.1. The number of ketones is 1. The second-order valence-corrected chi connectivity index (χ2v) is 10.2. The Labute approximate surface area is 196 Å². The Balaban J connectivity index is 2.17. The highest BCUT2D eigenvalue weighted by molar-refractivity contribution is 6.38. The molecule has 8 nitrogen and oxygen atoms in total. The number of hydrogen-bond donors (Lipinski definition) is 3. The number of benzene rings is 1. The lowest BCUT2D eigenvalue weighted by molar-refractivity contribution is -0.140. The summed E-state index contributed by atoms with van der Waals surface area (Å²) < 4.78 is 5.23. The highest BCUT2D eigenvalue weighted by Gasteiger charge is 2.32. The predicted octanol–water partition coefficient (Wildman–Crippen LogP) is 2.53. The van der Waals surface area contributed by atoms with Crippen molar-refractivity contribution in [2.75, 3.05) is 13.2 Å². The molecule has 182 valence electrons. The normalized spacial score (nSPS) is 18.4. The lowest BCUT2D eigenvalue weighted by atomic mass is 9.96. The Bertz CT molecular complexity index is 860. The van der Waals surface area contributed by atoms with Crippen molar-refractivity contribution in [2.45, 2.75) is 72.4 Å². The Morgan fingerprint density at radius 2 is 1.85 bits per heavy atom. The molecule has 1 aromatic rings. The van der Waals surface area contributed by atoms with Crippen molar-refractivity contribution in [2.24, 2.45) is 11.3 Å². The number of nitrogens with one attached hydrogen (secondary N) is 3. The molecule has 0 aromatic heterocycles. The van der Waals surface area contributed by atoms with Gasteiger partial charge in [-0.1, -0.05) is 58.9 Å². The smallest absolute Gasteiger partial charge is 0.407 e. The summed E-state index contributed by atoms with van der Waals surface area (Å²) in [4.78, 5) is 50.6. The van der Waals surface area contributed by atoms with Crippen LogP contribution in [0.1, 0.15) is 58.6 Å². The molecule has 33 heavy (non-hydrogen) atoms. The van der Waals surface area contributed by atoms with Gasteiger partial charge in [0, 0.05) is 13.0 Å². The maximum Gasteiger partial charge on any atom is 0.407 e. The fraction of sp³-hybridized carbons (Fsp3) is 0.600. The maximum absolute atomic E-state index is 13.1. The molecular weight excluding hydrogens is 422 g/mol. The molecule has 0 saturated heterocycles. The summed E-state index contributed by atoms with van der Waals surface area (Å²) in [6.07, 6.45) is 2.03. The van der Waals surface area contributed by atoms with E-state index in [1.807, 2.05) is 45.0 Å². The van der Waals surface area contributed by atoms with Crippen LogP contribution in [0.4, 0.5) is 4.79 Å². The molecule has 3 amide bonds. The molecule has 2 atom stereocenters. The summed E-state index contributed by atoms with van der Waals surface area (Å²) in [7, 11) is 0.